The van der Waals surface area contributed by atoms with Gasteiger partial charge in [-0.25, -0.2) is 13.1 Å². The minimum Gasteiger partial charge on any atom is -0.469 e. The summed E-state index contributed by atoms with van der Waals surface area (Å²) in [6.45, 7) is 1.71. The van der Waals surface area contributed by atoms with E-state index in [0.717, 1.165) is 5.76 Å². The van der Waals surface area contributed by atoms with E-state index in [4.69, 9.17) is 4.42 Å². The Hall–Kier alpha value is -1.15. The maximum absolute atomic E-state index is 12.2. The van der Waals surface area contributed by atoms with Gasteiger partial charge in [-0.05, 0) is 30.0 Å². The van der Waals surface area contributed by atoms with Gasteiger partial charge in [-0.15, -0.1) is 11.3 Å². The molecule has 2 rings (SSSR count). The second kappa shape index (κ2) is 5.87. The van der Waals surface area contributed by atoms with Crippen LogP contribution in [0.1, 0.15) is 16.2 Å². The molecule has 7 heteroatoms. The van der Waals surface area contributed by atoms with Crippen LogP contribution in [0.15, 0.2) is 33.1 Å². The van der Waals surface area contributed by atoms with Crippen molar-refractivity contribution in [1.82, 2.24) is 4.72 Å². The number of thiophene rings is 1. The van der Waals surface area contributed by atoms with Crippen LogP contribution in [-0.2, 0) is 23.1 Å². The van der Waals surface area contributed by atoms with E-state index in [1.165, 1.54) is 11.3 Å². The average molecular weight is 301 g/mol. The van der Waals surface area contributed by atoms with Gasteiger partial charge in [0.1, 0.15) is 10.7 Å². The molecule has 2 N–H and O–H groups in total. The molecule has 0 aromatic carbocycles. The Morgan fingerprint density at radius 2 is 2.26 bits per heavy atom. The van der Waals surface area contributed by atoms with Crippen LogP contribution in [0.3, 0.4) is 0 Å². The molecule has 0 atom stereocenters. The van der Waals surface area contributed by atoms with Crippen molar-refractivity contribution >= 4 is 21.4 Å². The van der Waals surface area contributed by atoms with Crippen molar-refractivity contribution in [1.29, 1.82) is 0 Å². The molecule has 0 saturated heterocycles. The summed E-state index contributed by atoms with van der Waals surface area (Å²) in [6.07, 6.45) is 2.04. The van der Waals surface area contributed by atoms with Gasteiger partial charge in [0, 0.05) is 13.0 Å². The number of hydrogen-bond donors (Lipinski definition) is 2. The molecule has 0 aliphatic rings. The average Bonchev–Trinajstić information content (AvgIpc) is 2.98. The van der Waals surface area contributed by atoms with Crippen LogP contribution < -0.4 is 4.72 Å². The van der Waals surface area contributed by atoms with Gasteiger partial charge in [0.25, 0.3) is 0 Å². The fourth-order valence-corrected chi connectivity index (χ4v) is 4.48. The van der Waals surface area contributed by atoms with Crippen LogP contribution in [-0.4, -0.2) is 20.1 Å². The second-order valence-electron chi connectivity index (χ2n) is 4.06. The zero-order chi connectivity index (χ0) is 13.9. The van der Waals surface area contributed by atoms with Gasteiger partial charge in [0.05, 0.1) is 17.7 Å². The van der Waals surface area contributed by atoms with E-state index in [2.05, 4.69) is 4.72 Å². The predicted octanol–water partition coefficient (Wildman–Crippen LogP) is 1.66. The molecule has 0 radical (unpaired) electrons. The molecule has 0 aliphatic heterocycles. The number of nitrogens with one attached hydrogen (secondary N) is 1. The minimum atomic E-state index is -3.58. The topological polar surface area (TPSA) is 79.5 Å². The van der Waals surface area contributed by atoms with E-state index in [1.807, 2.05) is 0 Å². The lowest BCUT2D eigenvalue weighted by Crippen LogP contribution is -2.26. The number of hydrogen-bond acceptors (Lipinski definition) is 5. The molecule has 0 fully saturated rings. The lowest BCUT2D eigenvalue weighted by molar-refractivity contribution is 0.282. The van der Waals surface area contributed by atoms with Gasteiger partial charge in [-0.3, -0.25) is 0 Å². The van der Waals surface area contributed by atoms with Crippen LogP contribution in [0.2, 0.25) is 0 Å². The van der Waals surface area contributed by atoms with Crippen molar-refractivity contribution in [2.75, 3.05) is 6.54 Å². The number of aliphatic hydroxyl groups excluding tert-OH is 1. The first-order valence-corrected chi connectivity index (χ1v) is 8.10. The van der Waals surface area contributed by atoms with E-state index >= 15 is 0 Å². The molecule has 0 bridgehead atoms. The quantitative estimate of drug-likeness (QED) is 0.850. The van der Waals surface area contributed by atoms with Gasteiger partial charge in [-0.2, -0.15) is 0 Å². The molecule has 0 saturated carbocycles. The Labute approximate surface area is 115 Å². The van der Waals surface area contributed by atoms with Crippen LogP contribution in [0.4, 0.5) is 0 Å². The molecular weight excluding hydrogens is 286 g/mol. The highest BCUT2D eigenvalue weighted by Gasteiger charge is 2.22. The molecule has 2 aromatic rings. The van der Waals surface area contributed by atoms with Gasteiger partial charge < -0.3 is 9.52 Å². The summed E-state index contributed by atoms with van der Waals surface area (Å²) in [4.78, 5) is 0.655. The lowest BCUT2D eigenvalue weighted by Gasteiger charge is -2.07. The fourth-order valence-electron chi connectivity index (χ4n) is 1.79. The lowest BCUT2D eigenvalue weighted by atomic mass is 10.3. The Morgan fingerprint density at radius 3 is 2.89 bits per heavy atom. The van der Waals surface area contributed by atoms with Crippen molar-refractivity contribution in [2.45, 2.75) is 24.8 Å². The SMILES string of the molecule is Cc1csc(CO)c1S(=O)(=O)NCCc1ccco1. The first-order chi connectivity index (χ1) is 9.04. The summed E-state index contributed by atoms with van der Waals surface area (Å²) in [5.41, 5.74) is 0.652. The molecule has 2 aromatic heterocycles. The fraction of sp³-hybridized carbons (Fsp3) is 0.333. The van der Waals surface area contributed by atoms with Crippen LogP contribution in [0.25, 0.3) is 0 Å². The normalized spacial score (nSPS) is 11.9. The van der Waals surface area contributed by atoms with Crippen molar-refractivity contribution in [3.8, 4) is 0 Å². The Bertz CT molecular complexity index is 629. The molecule has 0 unspecified atom stereocenters. The summed E-state index contributed by atoms with van der Waals surface area (Å²) in [6, 6.07) is 3.56. The summed E-state index contributed by atoms with van der Waals surface area (Å²) in [5.74, 6) is 0.729. The molecule has 5 nitrogen and oxygen atoms in total. The second-order valence-corrected chi connectivity index (χ2v) is 6.72. The van der Waals surface area contributed by atoms with Crippen molar-refractivity contribution in [3.63, 3.8) is 0 Å². The summed E-state index contributed by atoms with van der Waals surface area (Å²) >= 11 is 1.25. The molecule has 19 heavy (non-hydrogen) atoms. The van der Waals surface area contributed by atoms with Gasteiger partial charge in [0.15, 0.2) is 0 Å². The monoisotopic (exact) mass is 301 g/mol. The van der Waals surface area contributed by atoms with E-state index in [9.17, 15) is 13.5 Å². The zero-order valence-electron chi connectivity index (χ0n) is 10.4. The van der Waals surface area contributed by atoms with E-state index in [0.29, 0.717) is 16.9 Å². The minimum absolute atomic E-state index is 0.194. The van der Waals surface area contributed by atoms with E-state index in [-0.39, 0.29) is 18.0 Å². The van der Waals surface area contributed by atoms with Crippen molar-refractivity contribution < 1.29 is 17.9 Å². The summed E-state index contributed by atoms with van der Waals surface area (Å²) in [7, 11) is -3.58. The van der Waals surface area contributed by atoms with Gasteiger partial charge >= 0.3 is 0 Å². The Morgan fingerprint density at radius 1 is 1.47 bits per heavy atom. The third kappa shape index (κ3) is 3.24. The number of rotatable bonds is 6. The van der Waals surface area contributed by atoms with Crippen LogP contribution in [0.5, 0.6) is 0 Å². The predicted molar refractivity (Wildman–Crippen MR) is 72.6 cm³/mol. The Kier molecular flexibility index (Phi) is 4.41. The highest BCUT2D eigenvalue weighted by molar-refractivity contribution is 7.89. The van der Waals surface area contributed by atoms with Crippen LogP contribution >= 0.6 is 11.3 Å². The van der Waals surface area contributed by atoms with Crippen LogP contribution in [0, 0.1) is 6.92 Å². The maximum atomic E-state index is 12.2. The maximum Gasteiger partial charge on any atom is 0.242 e. The molecule has 2 heterocycles. The first kappa shape index (κ1) is 14.3. The summed E-state index contributed by atoms with van der Waals surface area (Å²) < 4.78 is 32.0. The highest BCUT2D eigenvalue weighted by atomic mass is 32.2. The standard InChI is InChI=1S/C12H15NO4S2/c1-9-8-18-11(7-14)12(9)19(15,16)13-5-4-10-3-2-6-17-10/h2-3,6,8,13-14H,4-5,7H2,1H3. The first-order valence-electron chi connectivity index (χ1n) is 5.74. The van der Waals surface area contributed by atoms with Crippen molar-refractivity contribution in [3.05, 3.63) is 40.0 Å². The molecule has 104 valence electrons. The molecule has 0 amide bonds. The third-order valence-electron chi connectivity index (χ3n) is 2.65. The number of aryl methyl sites for hydroxylation is 1. The number of aliphatic hydroxyl groups is 1. The summed E-state index contributed by atoms with van der Waals surface area (Å²) in [5, 5.41) is 10.9. The Balaban J connectivity index is 2.07. The number of furan rings is 1. The zero-order valence-corrected chi connectivity index (χ0v) is 12.1. The molecule has 0 spiro atoms. The van der Waals surface area contributed by atoms with Crippen molar-refractivity contribution in [2.24, 2.45) is 0 Å². The van der Waals surface area contributed by atoms with E-state index < -0.39 is 10.0 Å². The number of sulfonamides is 1. The molecular formula is C12H15NO4S2. The van der Waals surface area contributed by atoms with E-state index in [1.54, 1.807) is 30.7 Å². The molecule has 0 aliphatic carbocycles. The smallest absolute Gasteiger partial charge is 0.242 e. The third-order valence-corrected chi connectivity index (χ3v) is 5.55. The van der Waals surface area contributed by atoms with Gasteiger partial charge in [-0.1, -0.05) is 0 Å². The highest BCUT2D eigenvalue weighted by Crippen LogP contribution is 2.26. The van der Waals surface area contributed by atoms with Gasteiger partial charge in [0.2, 0.25) is 10.0 Å². The largest absolute Gasteiger partial charge is 0.469 e.